The minimum Gasteiger partial charge on any atom is -0.341 e. The van der Waals surface area contributed by atoms with Crippen molar-refractivity contribution in [3.63, 3.8) is 0 Å². The van der Waals surface area contributed by atoms with Crippen LogP contribution in [0, 0.1) is 6.92 Å². The van der Waals surface area contributed by atoms with E-state index in [1.54, 1.807) is 12.5 Å². The molecule has 1 heterocycles. The number of aryl methyl sites for hydroxylation is 1. The van der Waals surface area contributed by atoms with E-state index in [1.807, 2.05) is 77.5 Å². The van der Waals surface area contributed by atoms with Crippen LogP contribution in [0.15, 0.2) is 97.6 Å². The van der Waals surface area contributed by atoms with Crippen molar-refractivity contribution in [1.29, 1.82) is 0 Å². The van der Waals surface area contributed by atoms with Crippen molar-refractivity contribution in [2.75, 3.05) is 0 Å². The Morgan fingerprint density at radius 1 is 0.966 bits per heavy atom. The summed E-state index contributed by atoms with van der Waals surface area (Å²) in [4.78, 5) is 17.1. The van der Waals surface area contributed by atoms with Crippen molar-refractivity contribution in [3.05, 3.63) is 125 Å². The molecule has 1 aromatic heterocycles. The van der Waals surface area contributed by atoms with Gasteiger partial charge in [-0.25, -0.2) is 4.98 Å². The number of nitrogens with zero attached hydrogens (tertiary/aromatic N) is 2. The zero-order valence-electron chi connectivity index (χ0n) is 16.3. The Kier molecular flexibility index (Phi) is 5.52. The predicted octanol–water partition coefficient (Wildman–Crippen LogP) is 4.76. The number of benzene rings is 3. The largest absolute Gasteiger partial charge is 0.341 e. The second kappa shape index (κ2) is 8.57. The molecule has 1 amide bonds. The third kappa shape index (κ3) is 4.43. The van der Waals surface area contributed by atoms with Gasteiger partial charge in [0.1, 0.15) is 0 Å². The lowest BCUT2D eigenvalue weighted by atomic mass is 9.94. The number of carbonyl (C=O) groups excluding carboxylic acids is 1. The summed E-state index contributed by atoms with van der Waals surface area (Å²) in [7, 11) is 0. The van der Waals surface area contributed by atoms with Gasteiger partial charge in [-0.1, -0.05) is 66.7 Å². The molecular weight excluding hydrogens is 358 g/mol. The van der Waals surface area contributed by atoms with Crippen molar-refractivity contribution >= 4 is 5.91 Å². The van der Waals surface area contributed by atoms with Gasteiger partial charge in [0, 0.05) is 24.5 Å². The molecule has 0 radical (unpaired) electrons. The Hall–Kier alpha value is -3.66. The van der Waals surface area contributed by atoms with E-state index in [0.717, 1.165) is 28.8 Å². The minimum atomic E-state index is -0.199. The molecule has 4 nitrogen and oxygen atoms in total. The van der Waals surface area contributed by atoms with Crippen LogP contribution in [-0.2, 0) is 6.54 Å². The number of carbonyl (C=O) groups is 1. The highest BCUT2D eigenvalue weighted by atomic mass is 16.1. The van der Waals surface area contributed by atoms with E-state index in [9.17, 15) is 4.79 Å². The highest BCUT2D eigenvalue weighted by molar-refractivity contribution is 5.94. The van der Waals surface area contributed by atoms with Gasteiger partial charge in [-0.15, -0.1) is 0 Å². The Labute approximate surface area is 170 Å². The van der Waals surface area contributed by atoms with Gasteiger partial charge < -0.3 is 9.88 Å². The van der Waals surface area contributed by atoms with Crippen molar-refractivity contribution in [2.45, 2.75) is 19.5 Å². The van der Waals surface area contributed by atoms with Gasteiger partial charge in [-0.3, -0.25) is 4.79 Å². The first-order chi connectivity index (χ1) is 14.2. The molecule has 0 spiro atoms. The molecule has 1 atom stereocenters. The van der Waals surface area contributed by atoms with E-state index in [2.05, 4.69) is 29.4 Å². The lowest BCUT2D eigenvalue weighted by Crippen LogP contribution is -2.29. The SMILES string of the molecule is Cc1ccccc1[C@@H](NC(=O)c1ccc(Cn2ccnc2)cc1)c1ccccc1. The molecule has 0 bridgehead atoms. The lowest BCUT2D eigenvalue weighted by Gasteiger charge is -2.22. The fraction of sp³-hybridized carbons (Fsp3) is 0.120. The lowest BCUT2D eigenvalue weighted by molar-refractivity contribution is 0.0943. The van der Waals surface area contributed by atoms with E-state index in [0.29, 0.717) is 5.56 Å². The second-order valence-electron chi connectivity index (χ2n) is 7.11. The van der Waals surface area contributed by atoms with Crippen LogP contribution >= 0.6 is 0 Å². The Morgan fingerprint density at radius 3 is 2.38 bits per heavy atom. The average molecular weight is 381 g/mol. The molecule has 3 aromatic carbocycles. The van der Waals surface area contributed by atoms with E-state index >= 15 is 0 Å². The van der Waals surface area contributed by atoms with E-state index in [-0.39, 0.29) is 11.9 Å². The van der Waals surface area contributed by atoms with Crippen molar-refractivity contribution < 1.29 is 4.79 Å². The first kappa shape index (κ1) is 18.7. The van der Waals surface area contributed by atoms with Gasteiger partial charge in [0.15, 0.2) is 0 Å². The topological polar surface area (TPSA) is 46.9 Å². The molecular formula is C25H23N3O. The summed E-state index contributed by atoms with van der Waals surface area (Å²) in [5, 5.41) is 3.22. The average Bonchev–Trinajstić information content (AvgIpc) is 3.27. The van der Waals surface area contributed by atoms with E-state index < -0.39 is 0 Å². The number of nitrogens with one attached hydrogen (secondary N) is 1. The van der Waals surface area contributed by atoms with Gasteiger partial charge in [-0.05, 0) is 41.3 Å². The number of amides is 1. The molecule has 0 fully saturated rings. The molecule has 0 aliphatic carbocycles. The summed E-state index contributed by atoms with van der Waals surface area (Å²) in [6, 6.07) is 25.8. The maximum Gasteiger partial charge on any atom is 0.252 e. The maximum absolute atomic E-state index is 13.0. The summed E-state index contributed by atoms with van der Waals surface area (Å²) < 4.78 is 2.00. The molecule has 0 aliphatic heterocycles. The van der Waals surface area contributed by atoms with E-state index in [1.165, 1.54) is 0 Å². The summed E-state index contributed by atoms with van der Waals surface area (Å²) in [6.07, 6.45) is 5.47. The van der Waals surface area contributed by atoms with Crippen molar-refractivity contribution in [1.82, 2.24) is 14.9 Å². The highest BCUT2D eigenvalue weighted by Gasteiger charge is 2.19. The standard InChI is InChI=1S/C25H23N3O/c1-19-7-5-6-10-23(19)24(21-8-3-2-4-9-21)27-25(29)22-13-11-20(12-14-22)17-28-16-15-26-18-28/h2-16,18,24H,17H2,1H3,(H,27,29)/t24-/m0/s1. The minimum absolute atomic E-state index is 0.0868. The van der Waals surface area contributed by atoms with Gasteiger partial charge in [-0.2, -0.15) is 0 Å². The molecule has 4 rings (SSSR count). The first-order valence-corrected chi connectivity index (χ1v) is 9.67. The van der Waals surface area contributed by atoms with Crippen molar-refractivity contribution in [3.8, 4) is 0 Å². The predicted molar refractivity (Wildman–Crippen MR) is 115 cm³/mol. The van der Waals surface area contributed by atoms with Crippen LogP contribution in [0.1, 0.15) is 38.7 Å². The number of aromatic nitrogens is 2. The number of hydrogen-bond acceptors (Lipinski definition) is 2. The highest BCUT2D eigenvalue weighted by Crippen LogP contribution is 2.25. The van der Waals surface area contributed by atoms with Crippen LogP contribution < -0.4 is 5.32 Å². The van der Waals surface area contributed by atoms with Crippen LogP contribution in [0.5, 0.6) is 0 Å². The fourth-order valence-corrected chi connectivity index (χ4v) is 3.46. The first-order valence-electron chi connectivity index (χ1n) is 9.67. The zero-order chi connectivity index (χ0) is 20.1. The van der Waals surface area contributed by atoms with Crippen LogP contribution in [0.25, 0.3) is 0 Å². The van der Waals surface area contributed by atoms with Crippen LogP contribution in [0.3, 0.4) is 0 Å². The molecule has 4 aromatic rings. The summed E-state index contributed by atoms with van der Waals surface area (Å²) in [6.45, 7) is 2.81. The molecule has 1 N–H and O–H groups in total. The Bertz CT molecular complexity index is 1070. The Morgan fingerprint density at radius 2 is 1.69 bits per heavy atom. The summed E-state index contributed by atoms with van der Waals surface area (Å²) in [5.41, 5.74) is 5.08. The van der Waals surface area contributed by atoms with Gasteiger partial charge >= 0.3 is 0 Å². The smallest absolute Gasteiger partial charge is 0.252 e. The molecule has 0 saturated carbocycles. The van der Waals surface area contributed by atoms with Crippen LogP contribution in [0.4, 0.5) is 0 Å². The number of rotatable bonds is 6. The van der Waals surface area contributed by atoms with Gasteiger partial charge in [0.05, 0.1) is 12.4 Å². The van der Waals surface area contributed by atoms with Gasteiger partial charge in [0.25, 0.3) is 5.91 Å². The second-order valence-corrected chi connectivity index (χ2v) is 7.11. The zero-order valence-corrected chi connectivity index (χ0v) is 16.3. The third-order valence-corrected chi connectivity index (χ3v) is 5.05. The van der Waals surface area contributed by atoms with Crippen LogP contribution in [-0.4, -0.2) is 15.5 Å². The van der Waals surface area contributed by atoms with Gasteiger partial charge in [0.2, 0.25) is 0 Å². The molecule has 0 unspecified atom stereocenters. The Balaban J connectivity index is 1.56. The number of imidazole rings is 1. The molecule has 4 heteroatoms. The number of hydrogen-bond donors (Lipinski definition) is 1. The molecule has 0 aliphatic rings. The summed E-state index contributed by atoms with van der Waals surface area (Å²) >= 11 is 0. The fourth-order valence-electron chi connectivity index (χ4n) is 3.46. The quantitative estimate of drug-likeness (QED) is 0.523. The van der Waals surface area contributed by atoms with Crippen molar-refractivity contribution in [2.24, 2.45) is 0 Å². The molecule has 29 heavy (non-hydrogen) atoms. The maximum atomic E-state index is 13.0. The molecule has 0 saturated heterocycles. The third-order valence-electron chi connectivity index (χ3n) is 5.05. The van der Waals surface area contributed by atoms with Crippen LogP contribution in [0.2, 0.25) is 0 Å². The summed E-state index contributed by atoms with van der Waals surface area (Å²) in [5.74, 6) is -0.0868. The van der Waals surface area contributed by atoms with E-state index in [4.69, 9.17) is 0 Å². The monoisotopic (exact) mass is 381 g/mol. The normalized spacial score (nSPS) is 11.8. The molecule has 144 valence electrons.